The Morgan fingerprint density at radius 2 is 2.04 bits per heavy atom. The Hall–Kier alpha value is -0.390. The van der Waals surface area contributed by atoms with E-state index in [9.17, 15) is 13.5 Å². The first kappa shape index (κ1) is 17.0. The summed E-state index contributed by atoms with van der Waals surface area (Å²) in [6, 6.07) is 0. The zero-order chi connectivity index (χ0) is 17.4. The minimum Gasteiger partial charge on any atom is -0.389 e. The average Bonchev–Trinajstić information content (AvgIpc) is 2.49. The van der Waals surface area contributed by atoms with Crippen molar-refractivity contribution >= 4 is 10.1 Å². The molecule has 0 unspecified atom stereocenters. The van der Waals surface area contributed by atoms with Crippen molar-refractivity contribution in [1.29, 1.82) is 0 Å². The lowest BCUT2D eigenvalue weighted by Gasteiger charge is -2.68. The van der Waals surface area contributed by atoms with Crippen molar-refractivity contribution < 1.29 is 17.7 Å². The van der Waals surface area contributed by atoms with Gasteiger partial charge < -0.3 is 5.11 Å². The molecule has 0 radical (unpaired) electrons. The number of rotatable bonds is 3. The molecule has 24 heavy (non-hydrogen) atoms. The molecule has 5 aliphatic carbocycles. The van der Waals surface area contributed by atoms with Gasteiger partial charge in [0.05, 0.1) is 18.0 Å². The van der Waals surface area contributed by atoms with Crippen LogP contribution in [0.4, 0.5) is 0 Å². The molecule has 0 spiro atoms. The average molecular weight is 355 g/mol. The lowest BCUT2D eigenvalue weighted by molar-refractivity contribution is -0.242. The van der Waals surface area contributed by atoms with Gasteiger partial charge in [-0.05, 0) is 55.3 Å². The van der Waals surface area contributed by atoms with Gasteiger partial charge in [0.1, 0.15) is 0 Å². The van der Waals surface area contributed by atoms with Crippen molar-refractivity contribution in [3.05, 3.63) is 11.6 Å². The van der Waals surface area contributed by atoms with Gasteiger partial charge >= 0.3 is 0 Å². The molecule has 4 saturated carbocycles. The van der Waals surface area contributed by atoms with Crippen molar-refractivity contribution in [3.8, 4) is 0 Å². The molecule has 5 heteroatoms. The first-order valence-electron chi connectivity index (χ1n) is 9.45. The maximum Gasteiger partial charge on any atom is 0.264 e. The molecule has 8 atom stereocenters. The lowest BCUT2D eigenvalue weighted by atomic mass is 9.39. The normalized spacial score (nSPS) is 50.1. The quantitative estimate of drug-likeness (QED) is 0.625. The molecule has 0 aromatic heterocycles. The summed E-state index contributed by atoms with van der Waals surface area (Å²) in [5.74, 6) is 1.87. The molecule has 0 amide bonds. The van der Waals surface area contributed by atoms with Crippen LogP contribution in [0.3, 0.4) is 0 Å². The molecule has 0 aromatic carbocycles. The number of hydrogen-bond donors (Lipinski definition) is 1. The van der Waals surface area contributed by atoms with Gasteiger partial charge in [-0.25, -0.2) is 0 Å². The SMILES string of the molecule is CC(C)[C@H]1[C@@H]2[C@H](OS(C)(=O)=O)[C@@H](C)[C@@H]3CCC=C4[C@H]1CC[C@@]2(O)[C@@H]43. The van der Waals surface area contributed by atoms with E-state index < -0.39 is 15.7 Å². The van der Waals surface area contributed by atoms with Crippen molar-refractivity contribution in [2.75, 3.05) is 6.26 Å². The molecule has 0 aromatic rings. The van der Waals surface area contributed by atoms with Crippen molar-refractivity contribution in [2.24, 2.45) is 41.4 Å². The van der Waals surface area contributed by atoms with E-state index >= 15 is 0 Å². The van der Waals surface area contributed by atoms with Crippen LogP contribution < -0.4 is 0 Å². The third-order valence-corrected chi connectivity index (χ3v) is 8.12. The molecule has 136 valence electrons. The predicted molar refractivity (Wildman–Crippen MR) is 92.7 cm³/mol. The molecule has 0 heterocycles. The molecule has 4 bridgehead atoms. The zero-order valence-electron chi connectivity index (χ0n) is 15.1. The van der Waals surface area contributed by atoms with E-state index in [-0.39, 0.29) is 23.9 Å². The summed E-state index contributed by atoms with van der Waals surface area (Å²) in [6.07, 6.45) is 7.06. The Morgan fingerprint density at radius 1 is 1.33 bits per heavy atom. The van der Waals surface area contributed by atoms with Gasteiger partial charge in [-0.2, -0.15) is 8.42 Å². The number of fused-ring (bicyclic) bond motifs is 1. The van der Waals surface area contributed by atoms with Gasteiger partial charge in [-0.15, -0.1) is 0 Å². The van der Waals surface area contributed by atoms with Crippen LogP contribution in [-0.2, 0) is 14.3 Å². The maximum absolute atomic E-state index is 12.0. The van der Waals surface area contributed by atoms with Crippen molar-refractivity contribution in [3.63, 3.8) is 0 Å². The van der Waals surface area contributed by atoms with Crippen LogP contribution in [-0.4, -0.2) is 31.5 Å². The fraction of sp³-hybridized carbons (Fsp3) is 0.895. The van der Waals surface area contributed by atoms with Gasteiger partial charge in [-0.1, -0.05) is 32.4 Å². The molecule has 0 saturated heterocycles. The molecule has 4 nitrogen and oxygen atoms in total. The van der Waals surface area contributed by atoms with E-state index in [2.05, 4.69) is 26.8 Å². The van der Waals surface area contributed by atoms with Crippen molar-refractivity contribution in [2.45, 2.75) is 58.2 Å². The van der Waals surface area contributed by atoms with E-state index in [4.69, 9.17) is 4.18 Å². The topological polar surface area (TPSA) is 63.6 Å². The number of aliphatic hydroxyl groups is 1. The van der Waals surface area contributed by atoms with Gasteiger partial charge in [0, 0.05) is 11.8 Å². The number of hydrogen-bond acceptors (Lipinski definition) is 4. The molecule has 4 fully saturated rings. The van der Waals surface area contributed by atoms with Gasteiger partial charge in [0.15, 0.2) is 0 Å². The minimum atomic E-state index is -3.54. The smallest absolute Gasteiger partial charge is 0.264 e. The summed E-state index contributed by atoms with van der Waals surface area (Å²) in [6.45, 7) is 6.56. The Kier molecular flexibility index (Phi) is 3.77. The monoisotopic (exact) mass is 354 g/mol. The third kappa shape index (κ3) is 2.20. The number of allylic oxidation sites excluding steroid dienone is 1. The Bertz CT molecular complexity index is 667. The standard InChI is InChI=1S/C19H30O4S/c1-10(2)15-13-8-9-19(20)16-12(6-5-7-14(13)16)11(3)18(17(15)19)23-24(4,21)22/h7,10-13,15-18,20H,5-6,8-9H2,1-4H3/t11-,12-,13+,15+,16+,17+,18+,19+/m0/s1. The van der Waals surface area contributed by atoms with Gasteiger partial charge in [-0.3, -0.25) is 4.18 Å². The fourth-order valence-electron chi connectivity index (χ4n) is 6.97. The Labute approximate surface area is 145 Å². The first-order chi connectivity index (χ1) is 11.1. The molecule has 5 aliphatic rings. The van der Waals surface area contributed by atoms with E-state index in [0.29, 0.717) is 23.7 Å². The summed E-state index contributed by atoms with van der Waals surface area (Å²) in [5, 5.41) is 11.8. The largest absolute Gasteiger partial charge is 0.389 e. The molecule has 1 N–H and O–H groups in total. The highest BCUT2D eigenvalue weighted by atomic mass is 32.2. The maximum atomic E-state index is 12.0. The van der Waals surface area contributed by atoms with Crippen LogP contribution in [0.5, 0.6) is 0 Å². The highest BCUT2D eigenvalue weighted by Crippen LogP contribution is 2.67. The lowest BCUT2D eigenvalue weighted by Crippen LogP contribution is -2.71. The molecule has 0 aliphatic heterocycles. The molecule has 5 rings (SSSR count). The molecular weight excluding hydrogens is 324 g/mol. The Balaban J connectivity index is 1.87. The minimum absolute atomic E-state index is 0.0718. The summed E-state index contributed by atoms with van der Waals surface area (Å²) >= 11 is 0. The van der Waals surface area contributed by atoms with Crippen molar-refractivity contribution in [1.82, 2.24) is 0 Å². The highest BCUT2D eigenvalue weighted by molar-refractivity contribution is 7.86. The summed E-state index contributed by atoms with van der Waals surface area (Å²) in [5.41, 5.74) is 0.697. The second kappa shape index (κ2) is 5.31. The Morgan fingerprint density at radius 3 is 2.67 bits per heavy atom. The van der Waals surface area contributed by atoms with Crippen LogP contribution in [0.25, 0.3) is 0 Å². The second-order valence-electron chi connectivity index (χ2n) is 9.03. The van der Waals surface area contributed by atoms with Gasteiger partial charge in [0.2, 0.25) is 0 Å². The van der Waals surface area contributed by atoms with Crippen LogP contribution in [0.15, 0.2) is 11.6 Å². The summed E-state index contributed by atoms with van der Waals surface area (Å²) in [7, 11) is -3.54. The fourth-order valence-corrected chi connectivity index (χ4v) is 7.67. The highest BCUT2D eigenvalue weighted by Gasteiger charge is 2.69. The van der Waals surface area contributed by atoms with Crippen LogP contribution in [0.2, 0.25) is 0 Å². The third-order valence-electron chi connectivity index (χ3n) is 7.55. The van der Waals surface area contributed by atoms with E-state index in [1.165, 1.54) is 5.57 Å². The summed E-state index contributed by atoms with van der Waals surface area (Å²) < 4.78 is 29.6. The second-order valence-corrected chi connectivity index (χ2v) is 10.6. The predicted octanol–water partition coefficient (Wildman–Crippen LogP) is 2.98. The van der Waals surface area contributed by atoms with E-state index in [1.54, 1.807) is 0 Å². The van der Waals surface area contributed by atoms with E-state index in [0.717, 1.165) is 31.9 Å². The molecular formula is C19H30O4S. The van der Waals surface area contributed by atoms with Crippen LogP contribution in [0, 0.1) is 41.4 Å². The summed E-state index contributed by atoms with van der Waals surface area (Å²) in [4.78, 5) is 0. The zero-order valence-corrected chi connectivity index (χ0v) is 15.9. The van der Waals surface area contributed by atoms with Gasteiger partial charge in [0.25, 0.3) is 10.1 Å². The van der Waals surface area contributed by atoms with Crippen LogP contribution >= 0.6 is 0 Å². The van der Waals surface area contributed by atoms with E-state index in [1.807, 2.05) is 0 Å². The van der Waals surface area contributed by atoms with Crippen LogP contribution in [0.1, 0.15) is 46.5 Å². The first-order valence-corrected chi connectivity index (χ1v) is 11.3.